The van der Waals surface area contributed by atoms with Crippen LogP contribution in [0.5, 0.6) is 0 Å². The molecule has 0 heterocycles. The van der Waals surface area contributed by atoms with Gasteiger partial charge >= 0.3 is 7.60 Å². The van der Waals surface area contributed by atoms with E-state index in [1.807, 2.05) is 0 Å². The van der Waals surface area contributed by atoms with Gasteiger partial charge in [0.05, 0.1) is 11.6 Å². The molecule has 1 unspecified atom stereocenters. The fraction of sp³-hybridized carbons (Fsp3) is 0.700. The van der Waals surface area contributed by atoms with E-state index in [0.29, 0.717) is 12.0 Å². The Morgan fingerprint density at radius 1 is 1.25 bits per heavy atom. The minimum absolute atomic E-state index is 0.0117. The molecule has 0 fully saturated rings. The largest absolute Gasteiger partial charge is 0.545 e. The lowest BCUT2D eigenvalue weighted by Gasteiger charge is -2.23. The third-order valence-corrected chi connectivity index (χ3v) is 4.05. The first kappa shape index (κ1) is 15.4. The maximum Gasteiger partial charge on any atom is 0.332 e. The van der Waals surface area contributed by atoms with Crippen molar-refractivity contribution in [3.63, 3.8) is 0 Å². The van der Waals surface area contributed by atoms with Gasteiger partial charge in [-0.15, -0.1) is 0 Å². The van der Waals surface area contributed by atoms with Crippen LogP contribution in [0.3, 0.4) is 0 Å². The van der Waals surface area contributed by atoms with Crippen molar-refractivity contribution >= 4 is 13.6 Å². The Balaban J connectivity index is 5.55. The summed E-state index contributed by atoms with van der Waals surface area (Å²) in [5.74, 6) is -1.34. The van der Waals surface area contributed by atoms with Gasteiger partial charge in [0.25, 0.3) is 0 Å². The molecule has 1 atom stereocenters. The van der Waals surface area contributed by atoms with Crippen LogP contribution in [-0.4, -0.2) is 21.4 Å². The van der Waals surface area contributed by atoms with Gasteiger partial charge in [0, 0.05) is 0 Å². The van der Waals surface area contributed by atoms with Crippen molar-refractivity contribution in [1.82, 2.24) is 0 Å². The van der Waals surface area contributed by atoms with Crippen LogP contribution in [0.2, 0.25) is 0 Å². The van der Waals surface area contributed by atoms with E-state index >= 15 is 0 Å². The number of aliphatic carboxylic acids is 1. The van der Waals surface area contributed by atoms with Crippen LogP contribution >= 0.6 is 7.60 Å². The summed E-state index contributed by atoms with van der Waals surface area (Å²) in [6.07, 6.45) is 0.729. The first-order valence-corrected chi connectivity index (χ1v) is 6.96. The van der Waals surface area contributed by atoms with Crippen molar-refractivity contribution in [2.45, 2.75) is 45.7 Å². The normalized spacial score (nSPS) is 15.6. The molecule has 0 spiro atoms. The summed E-state index contributed by atoms with van der Waals surface area (Å²) >= 11 is 0. The summed E-state index contributed by atoms with van der Waals surface area (Å²) in [6, 6.07) is 0. The van der Waals surface area contributed by atoms with Crippen molar-refractivity contribution in [1.29, 1.82) is 0 Å². The van der Waals surface area contributed by atoms with Crippen molar-refractivity contribution in [3.8, 4) is 0 Å². The van der Waals surface area contributed by atoms with E-state index in [9.17, 15) is 14.5 Å². The third kappa shape index (κ3) is 3.74. The SMILES string of the molecule is CC/C(C(=O)[O-])=C(/CC)C(CC)P(=O)(O)O. The predicted molar refractivity (Wildman–Crippen MR) is 58.7 cm³/mol. The van der Waals surface area contributed by atoms with E-state index in [0.717, 1.165) is 0 Å². The number of hydrogen-bond acceptors (Lipinski definition) is 3. The molecule has 0 aromatic heterocycles. The van der Waals surface area contributed by atoms with E-state index in [1.54, 1.807) is 20.8 Å². The molecular weight excluding hydrogens is 231 g/mol. The maximum absolute atomic E-state index is 11.3. The second-order valence-electron chi connectivity index (χ2n) is 3.51. The minimum Gasteiger partial charge on any atom is -0.545 e. The fourth-order valence-electron chi connectivity index (χ4n) is 1.84. The third-order valence-electron chi connectivity index (χ3n) is 2.56. The lowest BCUT2D eigenvalue weighted by Crippen LogP contribution is -2.27. The second kappa shape index (κ2) is 6.18. The van der Waals surface area contributed by atoms with Crippen LogP contribution < -0.4 is 5.11 Å². The number of carboxylic acid groups (broad SMARTS) is 1. The van der Waals surface area contributed by atoms with Gasteiger partial charge in [-0.3, -0.25) is 4.57 Å². The molecule has 0 radical (unpaired) electrons. The Hall–Kier alpha value is -0.640. The van der Waals surface area contributed by atoms with Crippen molar-refractivity contribution in [2.24, 2.45) is 0 Å². The summed E-state index contributed by atoms with van der Waals surface area (Å²) in [7, 11) is -4.30. The first-order chi connectivity index (χ1) is 7.29. The first-order valence-electron chi connectivity index (χ1n) is 5.27. The summed E-state index contributed by atoms with van der Waals surface area (Å²) in [4.78, 5) is 29.2. The Bertz CT molecular complexity index is 328. The van der Waals surface area contributed by atoms with Gasteiger partial charge in [-0.2, -0.15) is 0 Å². The zero-order chi connectivity index (χ0) is 12.9. The number of carbonyl (C=O) groups is 1. The van der Waals surface area contributed by atoms with Gasteiger partial charge in [0.1, 0.15) is 0 Å². The molecule has 0 bridgehead atoms. The quantitative estimate of drug-likeness (QED) is 0.536. The highest BCUT2D eigenvalue weighted by Gasteiger charge is 2.31. The van der Waals surface area contributed by atoms with Crippen LogP contribution in [0.15, 0.2) is 11.1 Å². The number of carbonyl (C=O) groups excluding carboxylic acids is 1. The van der Waals surface area contributed by atoms with E-state index in [1.165, 1.54) is 0 Å². The average molecular weight is 249 g/mol. The summed E-state index contributed by atoms with van der Waals surface area (Å²) < 4.78 is 11.3. The Morgan fingerprint density at radius 2 is 1.75 bits per heavy atom. The molecule has 0 aliphatic heterocycles. The van der Waals surface area contributed by atoms with Gasteiger partial charge < -0.3 is 19.7 Å². The Labute approximate surface area is 95.3 Å². The van der Waals surface area contributed by atoms with Gasteiger partial charge in [0.2, 0.25) is 0 Å². The number of rotatable bonds is 6. The van der Waals surface area contributed by atoms with Crippen molar-refractivity contribution in [2.75, 3.05) is 0 Å². The van der Waals surface area contributed by atoms with Crippen LogP contribution in [0.25, 0.3) is 0 Å². The Morgan fingerprint density at radius 3 is 1.94 bits per heavy atom. The van der Waals surface area contributed by atoms with Crippen LogP contribution in [0.1, 0.15) is 40.0 Å². The van der Waals surface area contributed by atoms with Gasteiger partial charge in [-0.1, -0.05) is 26.3 Å². The zero-order valence-electron chi connectivity index (χ0n) is 9.77. The minimum atomic E-state index is -4.30. The molecular formula is C10H18O5P-. The summed E-state index contributed by atoms with van der Waals surface area (Å²) in [5, 5.41) is 10.9. The molecule has 0 aromatic rings. The molecule has 0 aliphatic rings. The predicted octanol–water partition coefficient (Wildman–Crippen LogP) is 0.809. The van der Waals surface area contributed by atoms with Gasteiger partial charge in [-0.25, -0.2) is 0 Å². The molecule has 6 heteroatoms. The molecule has 0 rings (SSSR count). The topological polar surface area (TPSA) is 97.7 Å². The highest BCUT2D eigenvalue weighted by atomic mass is 31.2. The number of carboxylic acids is 1. The second-order valence-corrected chi connectivity index (χ2v) is 5.31. The molecule has 2 N–H and O–H groups in total. The molecule has 0 saturated carbocycles. The number of allylic oxidation sites excluding steroid dienone is 1. The average Bonchev–Trinajstić information content (AvgIpc) is 2.14. The smallest absolute Gasteiger partial charge is 0.332 e. The lowest BCUT2D eigenvalue weighted by atomic mass is 9.99. The number of hydrogen-bond donors (Lipinski definition) is 2. The molecule has 0 amide bonds. The standard InChI is InChI=1S/C10H19O5P/c1-4-7(8(5-2)10(11)12)9(6-3)16(13,14)15/h9H,4-6H2,1-3H3,(H,11,12)(H2,13,14,15)/p-1/b8-7+. The zero-order valence-corrected chi connectivity index (χ0v) is 10.7. The maximum atomic E-state index is 11.3. The van der Waals surface area contributed by atoms with Crippen LogP contribution in [0.4, 0.5) is 0 Å². The molecule has 0 aliphatic carbocycles. The van der Waals surface area contributed by atoms with E-state index in [-0.39, 0.29) is 18.4 Å². The molecule has 94 valence electrons. The van der Waals surface area contributed by atoms with E-state index in [2.05, 4.69) is 0 Å². The summed E-state index contributed by atoms with van der Waals surface area (Å²) in [5.41, 5.74) is -0.693. The molecule has 16 heavy (non-hydrogen) atoms. The van der Waals surface area contributed by atoms with Crippen molar-refractivity contribution in [3.05, 3.63) is 11.1 Å². The van der Waals surface area contributed by atoms with Crippen LogP contribution in [0, 0.1) is 0 Å². The monoisotopic (exact) mass is 249 g/mol. The summed E-state index contributed by atoms with van der Waals surface area (Å²) in [6.45, 7) is 4.95. The molecule has 0 saturated heterocycles. The van der Waals surface area contributed by atoms with Crippen LogP contribution in [-0.2, 0) is 9.36 Å². The van der Waals surface area contributed by atoms with Gasteiger partial charge in [0.15, 0.2) is 0 Å². The van der Waals surface area contributed by atoms with E-state index in [4.69, 9.17) is 9.79 Å². The molecule has 5 nitrogen and oxygen atoms in total. The molecule has 0 aromatic carbocycles. The Kier molecular flexibility index (Phi) is 5.94. The fourth-order valence-corrected chi connectivity index (χ4v) is 3.06. The van der Waals surface area contributed by atoms with E-state index < -0.39 is 19.2 Å². The highest BCUT2D eigenvalue weighted by Crippen LogP contribution is 2.48. The lowest BCUT2D eigenvalue weighted by molar-refractivity contribution is -0.299. The highest BCUT2D eigenvalue weighted by molar-refractivity contribution is 7.52. The van der Waals surface area contributed by atoms with Gasteiger partial charge in [-0.05, 0) is 24.8 Å². The van der Waals surface area contributed by atoms with Crippen molar-refractivity contribution < 1.29 is 24.3 Å².